The Morgan fingerprint density at radius 1 is 1.28 bits per heavy atom. The van der Waals surface area contributed by atoms with Crippen molar-refractivity contribution < 1.29 is 14.3 Å². The van der Waals surface area contributed by atoms with Crippen LogP contribution in [0.2, 0.25) is 10.0 Å². The topological polar surface area (TPSA) is 149 Å². The number of carbonyl (C=O) groups excluding carboxylic acids is 2. The van der Waals surface area contributed by atoms with Gasteiger partial charge in [0.15, 0.2) is 0 Å². The summed E-state index contributed by atoms with van der Waals surface area (Å²) in [5.74, 6) is -1.01. The number of hydrogen-bond acceptors (Lipinski definition) is 8. The van der Waals surface area contributed by atoms with Crippen LogP contribution in [0.3, 0.4) is 0 Å². The van der Waals surface area contributed by atoms with Gasteiger partial charge in [-0.2, -0.15) is 15.5 Å². The maximum Gasteiger partial charge on any atom is 0.414 e. The number of ether oxygens (including phenoxy) is 1. The number of carbonyl (C=O) groups is 2. The SMILES string of the molecule is CCOC(=O)NC(=O)C(C#N)=NNc1cc(Cl)c(Cc2cc(C(C)C)c(=O)[nH]n2)c(Cl)c1. The van der Waals surface area contributed by atoms with Crippen molar-refractivity contribution in [3.63, 3.8) is 0 Å². The summed E-state index contributed by atoms with van der Waals surface area (Å²) in [7, 11) is 0. The molecule has 2 rings (SSSR count). The number of aromatic amines is 1. The van der Waals surface area contributed by atoms with E-state index in [1.54, 1.807) is 19.1 Å². The highest BCUT2D eigenvalue weighted by Crippen LogP contribution is 2.31. The quantitative estimate of drug-likeness (QED) is 0.407. The lowest BCUT2D eigenvalue weighted by Gasteiger charge is -2.11. The van der Waals surface area contributed by atoms with Gasteiger partial charge in [0.2, 0.25) is 5.71 Å². The number of nitrogens with one attached hydrogen (secondary N) is 3. The molecular formula is C20H20Cl2N6O4. The van der Waals surface area contributed by atoms with Gasteiger partial charge in [-0.05, 0) is 36.6 Å². The molecule has 3 N–H and O–H groups in total. The Hall–Kier alpha value is -3.42. The van der Waals surface area contributed by atoms with Gasteiger partial charge >= 0.3 is 6.09 Å². The first-order valence-electron chi connectivity index (χ1n) is 9.44. The minimum atomic E-state index is -1.03. The van der Waals surface area contributed by atoms with E-state index in [4.69, 9.17) is 28.5 Å². The molecule has 2 aromatic rings. The molecule has 0 aliphatic carbocycles. The number of benzene rings is 1. The normalized spacial score (nSPS) is 11.1. The van der Waals surface area contributed by atoms with E-state index < -0.39 is 17.7 Å². The van der Waals surface area contributed by atoms with Gasteiger partial charge in [0.25, 0.3) is 11.5 Å². The Labute approximate surface area is 193 Å². The van der Waals surface area contributed by atoms with Gasteiger partial charge in [0.1, 0.15) is 6.07 Å². The van der Waals surface area contributed by atoms with Crippen LogP contribution in [0.4, 0.5) is 10.5 Å². The van der Waals surface area contributed by atoms with Crippen LogP contribution in [0.25, 0.3) is 0 Å². The first-order chi connectivity index (χ1) is 15.2. The molecular weight excluding hydrogens is 459 g/mol. The highest BCUT2D eigenvalue weighted by Gasteiger charge is 2.16. The zero-order chi connectivity index (χ0) is 23.8. The summed E-state index contributed by atoms with van der Waals surface area (Å²) in [6.07, 6.45) is -0.726. The number of imide groups is 1. The Morgan fingerprint density at radius 2 is 1.94 bits per heavy atom. The Balaban J connectivity index is 2.20. The van der Waals surface area contributed by atoms with Crippen molar-refractivity contribution in [2.75, 3.05) is 12.0 Å². The predicted molar refractivity (Wildman–Crippen MR) is 120 cm³/mol. The van der Waals surface area contributed by atoms with Crippen molar-refractivity contribution in [1.29, 1.82) is 5.26 Å². The monoisotopic (exact) mass is 478 g/mol. The lowest BCUT2D eigenvalue weighted by atomic mass is 10.0. The Morgan fingerprint density at radius 3 is 2.50 bits per heavy atom. The number of nitrogens with zero attached hydrogens (tertiary/aromatic N) is 3. The van der Waals surface area contributed by atoms with E-state index in [1.807, 2.05) is 19.2 Å². The Bertz CT molecular complexity index is 1130. The minimum Gasteiger partial charge on any atom is -0.450 e. The van der Waals surface area contributed by atoms with Gasteiger partial charge in [0, 0.05) is 22.0 Å². The van der Waals surface area contributed by atoms with Crippen LogP contribution >= 0.6 is 23.2 Å². The van der Waals surface area contributed by atoms with Crippen LogP contribution in [0.5, 0.6) is 0 Å². The van der Waals surface area contributed by atoms with Crippen molar-refractivity contribution in [2.45, 2.75) is 33.1 Å². The van der Waals surface area contributed by atoms with E-state index >= 15 is 0 Å². The van der Waals surface area contributed by atoms with E-state index in [9.17, 15) is 14.4 Å². The minimum absolute atomic E-state index is 0.0197. The molecule has 168 valence electrons. The molecule has 0 saturated heterocycles. The van der Waals surface area contributed by atoms with Gasteiger partial charge in [0.05, 0.1) is 18.0 Å². The largest absolute Gasteiger partial charge is 0.450 e. The van der Waals surface area contributed by atoms with Crippen molar-refractivity contribution >= 4 is 46.6 Å². The smallest absolute Gasteiger partial charge is 0.414 e. The van der Waals surface area contributed by atoms with Gasteiger partial charge < -0.3 is 4.74 Å². The van der Waals surface area contributed by atoms with E-state index in [0.717, 1.165) is 0 Å². The fourth-order valence-corrected chi connectivity index (χ4v) is 3.19. The molecule has 0 aliphatic heterocycles. The number of rotatable bonds is 7. The second kappa shape index (κ2) is 11.3. The van der Waals surface area contributed by atoms with Crippen LogP contribution in [0.1, 0.15) is 43.5 Å². The number of aromatic nitrogens is 2. The summed E-state index contributed by atoms with van der Waals surface area (Å²) in [5.41, 5.74) is 3.70. The standard InChI is InChI=1S/C20H20Cl2N6O4/c1-4-32-20(31)24-19(30)17(9-23)27-25-12-7-15(21)14(16(22)8-12)6-11-5-13(10(2)3)18(29)28-26-11/h5,7-8,10,25H,4,6H2,1-3H3,(H,28,29)(H,24,30,31). The lowest BCUT2D eigenvalue weighted by molar-refractivity contribution is -0.114. The average molecular weight is 479 g/mol. The Kier molecular flexibility index (Phi) is 8.75. The second-order valence-electron chi connectivity index (χ2n) is 6.75. The molecule has 0 atom stereocenters. The fraction of sp³-hybridized carbons (Fsp3) is 0.300. The summed E-state index contributed by atoms with van der Waals surface area (Å²) >= 11 is 12.7. The first kappa shape index (κ1) is 24.8. The maximum atomic E-state index is 11.9. The molecule has 1 aromatic heterocycles. The molecule has 0 fully saturated rings. The molecule has 0 unspecified atom stereocenters. The molecule has 32 heavy (non-hydrogen) atoms. The molecule has 2 amide bonds. The fourth-order valence-electron chi connectivity index (χ4n) is 2.57. The molecule has 1 heterocycles. The molecule has 1 aromatic carbocycles. The number of hydrogen-bond donors (Lipinski definition) is 3. The third-order valence-corrected chi connectivity index (χ3v) is 4.79. The molecule has 0 bridgehead atoms. The molecule has 10 nitrogen and oxygen atoms in total. The molecule has 0 spiro atoms. The highest BCUT2D eigenvalue weighted by atomic mass is 35.5. The summed E-state index contributed by atoms with van der Waals surface area (Å²) in [5, 5.41) is 21.7. The maximum absolute atomic E-state index is 11.9. The van der Waals surface area contributed by atoms with Crippen molar-refractivity contribution in [1.82, 2.24) is 15.5 Å². The number of amides is 2. The number of hydrazone groups is 1. The number of nitriles is 1. The van der Waals surface area contributed by atoms with Crippen LogP contribution in [-0.2, 0) is 16.0 Å². The molecule has 0 aliphatic rings. The third-order valence-electron chi connectivity index (χ3n) is 4.12. The molecule has 12 heteroatoms. The van der Waals surface area contributed by atoms with Gasteiger partial charge in [-0.1, -0.05) is 37.0 Å². The van der Waals surface area contributed by atoms with E-state index in [2.05, 4.69) is 25.5 Å². The van der Waals surface area contributed by atoms with Crippen molar-refractivity contribution in [3.05, 3.63) is 55.4 Å². The van der Waals surface area contributed by atoms with Gasteiger partial charge in [-0.25, -0.2) is 9.89 Å². The molecule has 0 radical (unpaired) electrons. The van der Waals surface area contributed by atoms with Crippen molar-refractivity contribution in [2.24, 2.45) is 5.10 Å². The number of H-pyrrole nitrogens is 1. The van der Waals surface area contributed by atoms with Crippen LogP contribution < -0.4 is 16.3 Å². The van der Waals surface area contributed by atoms with Crippen LogP contribution in [0, 0.1) is 11.3 Å². The summed E-state index contributed by atoms with van der Waals surface area (Å²) in [6, 6.07) is 6.28. The summed E-state index contributed by atoms with van der Waals surface area (Å²) in [6.45, 7) is 5.43. The summed E-state index contributed by atoms with van der Waals surface area (Å²) in [4.78, 5) is 35.1. The van der Waals surface area contributed by atoms with E-state index in [1.165, 1.54) is 12.1 Å². The molecule has 0 saturated carbocycles. The van der Waals surface area contributed by atoms with E-state index in [0.29, 0.717) is 22.5 Å². The zero-order valence-corrected chi connectivity index (χ0v) is 19.0. The van der Waals surface area contributed by atoms with Crippen molar-refractivity contribution in [3.8, 4) is 6.07 Å². The third kappa shape index (κ3) is 6.54. The summed E-state index contributed by atoms with van der Waals surface area (Å²) < 4.78 is 4.58. The first-order valence-corrected chi connectivity index (χ1v) is 10.2. The van der Waals surface area contributed by atoms with E-state index in [-0.39, 0.29) is 34.6 Å². The number of anilines is 1. The lowest BCUT2D eigenvalue weighted by Crippen LogP contribution is -2.36. The van der Waals surface area contributed by atoms with Crippen LogP contribution in [0.15, 0.2) is 28.1 Å². The zero-order valence-electron chi connectivity index (χ0n) is 17.5. The number of alkyl carbamates (subject to hydrolysis) is 1. The van der Waals surface area contributed by atoms with Crippen LogP contribution in [-0.4, -0.2) is 34.5 Å². The second-order valence-corrected chi connectivity index (χ2v) is 7.57. The highest BCUT2D eigenvalue weighted by molar-refractivity contribution is 6.47. The number of halogens is 2. The average Bonchev–Trinajstić information content (AvgIpc) is 2.72. The predicted octanol–water partition coefficient (Wildman–Crippen LogP) is 3.36. The van der Waals surface area contributed by atoms with Gasteiger partial charge in [-0.15, -0.1) is 0 Å². The van der Waals surface area contributed by atoms with Gasteiger partial charge in [-0.3, -0.25) is 20.3 Å².